The van der Waals surface area contributed by atoms with E-state index in [2.05, 4.69) is 4.99 Å². The van der Waals surface area contributed by atoms with Gasteiger partial charge in [-0.3, -0.25) is 0 Å². The average Bonchev–Trinajstić information content (AvgIpc) is 2.09. The van der Waals surface area contributed by atoms with Crippen molar-refractivity contribution in [3.05, 3.63) is 23.3 Å². The number of nitrogens with zero attached hydrogens (tertiary/aromatic N) is 1. The predicted octanol–water partition coefficient (Wildman–Crippen LogP) is 2.32. The van der Waals surface area contributed by atoms with Gasteiger partial charge >= 0.3 is 0 Å². The maximum atomic E-state index is 9.37. The molecule has 1 aromatic rings. The molecule has 0 radical (unpaired) electrons. The number of phenols is 1. The predicted molar refractivity (Wildman–Crippen MR) is 52.7 cm³/mol. The molecule has 0 heterocycles. The molecular formula is C10H13NO2. The summed E-state index contributed by atoms with van der Waals surface area (Å²) in [6.07, 6.45) is 1.37. The number of ether oxygens (including phenoxy) is 1. The lowest BCUT2D eigenvalue weighted by Gasteiger charge is -2.03. The number of aliphatic imine (C=N–C) groups is 1. The minimum atomic E-state index is 0.300. The second-order valence-corrected chi connectivity index (χ2v) is 2.90. The number of benzene rings is 1. The molecule has 3 heteroatoms. The minimum Gasteiger partial charge on any atom is -0.508 e. The van der Waals surface area contributed by atoms with Crippen LogP contribution in [0.3, 0.4) is 0 Å². The van der Waals surface area contributed by atoms with Crippen LogP contribution in [0.25, 0.3) is 0 Å². The fraction of sp³-hybridized carbons (Fsp3) is 0.300. The Balaban J connectivity index is 3.08. The number of hydrogen-bond donors (Lipinski definition) is 1. The molecule has 0 amide bonds. The second-order valence-electron chi connectivity index (χ2n) is 2.90. The quantitative estimate of drug-likeness (QED) is 0.559. The van der Waals surface area contributed by atoms with E-state index in [1.807, 2.05) is 19.9 Å². The summed E-state index contributed by atoms with van der Waals surface area (Å²) >= 11 is 0. The Kier molecular flexibility index (Phi) is 2.90. The molecule has 0 aliphatic carbocycles. The zero-order valence-electron chi connectivity index (χ0n) is 8.03. The van der Waals surface area contributed by atoms with Gasteiger partial charge in [-0.05, 0) is 37.1 Å². The van der Waals surface area contributed by atoms with Crippen LogP contribution >= 0.6 is 0 Å². The highest BCUT2D eigenvalue weighted by molar-refractivity contribution is 5.60. The van der Waals surface area contributed by atoms with E-state index < -0.39 is 0 Å². The molecule has 0 aliphatic rings. The largest absolute Gasteiger partial charge is 0.508 e. The summed E-state index contributed by atoms with van der Waals surface area (Å²) in [6, 6.07) is 3.51. The van der Waals surface area contributed by atoms with Crippen LogP contribution in [0, 0.1) is 13.8 Å². The molecule has 3 nitrogen and oxygen atoms in total. The fourth-order valence-electron chi connectivity index (χ4n) is 1.03. The molecule has 1 N–H and O–H groups in total. The third-order valence-electron chi connectivity index (χ3n) is 1.81. The molecule has 0 saturated carbocycles. The van der Waals surface area contributed by atoms with E-state index in [0.29, 0.717) is 5.75 Å². The average molecular weight is 179 g/mol. The van der Waals surface area contributed by atoms with Gasteiger partial charge in [-0.1, -0.05) is 0 Å². The third-order valence-corrected chi connectivity index (χ3v) is 1.81. The van der Waals surface area contributed by atoms with Crippen LogP contribution in [0.1, 0.15) is 11.1 Å². The smallest absolute Gasteiger partial charge is 0.174 e. The topological polar surface area (TPSA) is 41.8 Å². The van der Waals surface area contributed by atoms with Gasteiger partial charge in [0.25, 0.3) is 0 Å². The molecule has 1 rings (SSSR count). The molecule has 0 atom stereocenters. The van der Waals surface area contributed by atoms with Crippen molar-refractivity contribution in [1.29, 1.82) is 0 Å². The fourth-order valence-corrected chi connectivity index (χ4v) is 1.03. The van der Waals surface area contributed by atoms with Crippen LogP contribution in [0.5, 0.6) is 5.75 Å². The van der Waals surface area contributed by atoms with Crippen LogP contribution in [0.15, 0.2) is 17.1 Å². The highest BCUT2D eigenvalue weighted by Gasteiger charge is 2.01. The van der Waals surface area contributed by atoms with Gasteiger partial charge in [0, 0.05) is 0 Å². The van der Waals surface area contributed by atoms with Crippen molar-refractivity contribution in [2.24, 2.45) is 4.99 Å². The number of phenolic OH excluding ortho intramolecular Hbond substituents is 1. The summed E-state index contributed by atoms with van der Waals surface area (Å²) in [5.41, 5.74) is 2.56. The van der Waals surface area contributed by atoms with Gasteiger partial charge in [0.05, 0.1) is 12.8 Å². The van der Waals surface area contributed by atoms with Crippen molar-refractivity contribution in [2.75, 3.05) is 7.11 Å². The monoisotopic (exact) mass is 179 g/mol. The standard InChI is InChI=1S/C10H13NO2/c1-7-5-10(12)8(2)4-9(7)11-6-13-3/h4-6,12H,1-3H3/b11-6-. The summed E-state index contributed by atoms with van der Waals surface area (Å²) in [5, 5.41) is 9.37. The molecule has 0 aliphatic heterocycles. The Labute approximate surface area is 77.7 Å². The normalized spacial score (nSPS) is 10.7. The molecule has 0 saturated heterocycles. The van der Waals surface area contributed by atoms with Gasteiger partial charge in [0.1, 0.15) is 5.75 Å². The molecule has 70 valence electrons. The van der Waals surface area contributed by atoms with E-state index in [-0.39, 0.29) is 0 Å². The van der Waals surface area contributed by atoms with E-state index >= 15 is 0 Å². The maximum Gasteiger partial charge on any atom is 0.174 e. The number of rotatable bonds is 2. The van der Waals surface area contributed by atoms with Gasteiger partial charge in [0.2, 0.25) is 0 Å². The van der Waals surface area contributed by atoms with Crippen molar-refractivity contribution in [2.45, 2.75) is 13.8 Å². The molecule has 1 aromatic carbocycles. The second kappa shape index (κ2) is 3.94. The summed E-state index contributed by atoms with van der Waals surface area (Å²) in [5.74, 6) is 0.300. The first-order valence-electron chi connectivity index (χ1n) is 4.00. The summed E-state index contributed by atoms with van der Waals surface area (Å²) in [6.45, 7) is 3.72. The summed E-state index contributed by atoms with van der Waals surface area (Å²) in [4.78, 5) is 4.07. The van der Waals surface area contributed by atoms with Crippen molar-refractivity contribution >= 4 is 12.1 Å². The Morgan fingerprint density at radius 3 is 2.62 bits per heavy atom. The Bertz CT molecular complexity index is 332. The SMILES string of the molecule is CO/C=N\c1cc(C)c(O)cc1C. The van der Waals surface area contributed by atoms with Crippen LogP contribution < -0.4 is 0 Å². The van der Waals surface area contributed by atoms with E-state index in [0.717, 1.165) is 16.8 Å². The molecule has 0 fully saturated rings. The van der Waals surface area contributed by atoms with Gasteiger partial charge < -0.3 is 9.84 Å². The Morgan fingerprint density at radius 1 is 1.31 bits per heavy atom. The molecule has 0 unspecified atom stereocenters. The number of methoxy groups -OCH3 is 1. The number of aromatic hydroxyl groups is 1. The number of hydrogen-bond acceptors (Lipinski definition) is 3. The van der Waals surface area contributed by atoms with Crippen molar-refractivity contribution < 1.29 is 9.84 Å². The van der Waals surface area contributed by atoms with Gasteiger partial charge in [-0.15, -0.1) is 0 Å². The van der Waals surface area contributed by atoms with Crippen molar-refractivity contribution in [1.82, 2.24) is 0 Å². The Morgan fingerprint density at radius 2 is 2.00 bits per heavy atom. The summed E-state index contributed by atoms with van der Waals surface area (Å²) < 4.78 is 4.72. The molecule has 0 bridgehead atoms. The van der Waals surface area contributed by atoms with Crippen LogP contribution in [0.4, 0.5) is 5.69 Å². The van der Waals surface area contributed by atoms with E-state index in [9.17, 15) is 5.11 Å². The lowest BCUT2D eigenvalue weighted by Crippen LogP contribution is -1.81. The zero-order chi connectivity index (χ0) is 9.84. The van der Waals surface area contributed by atoms with Gasteiger partial charge in [-0.25, -0.2) is 4.99 Å². The lowest BCUT2D eigenvalue weighted by atomic mass is 10.1. The first-order valence-corrected chi connectivity index (χ1v) is 4.00. The van der Waals surface area contributed by atoms with Crippen molar-refractivity contribution in [3.8, 4) is 5.75 Å². The maximum absolute atomic E-state index is 9.37. The first kappa shape index (κ1) is 9.58. The molecule has 0 aromatic heterocycles. The van der Waals surface area contributed by atoms with E-state index in [1.165, 1.54) is 6.40 Å². The van der Waals surface area contributed by atoms with Crippen LogP contribution in [-0.2, 0) is 4.74 Å². The van der Waals surface area contributed by atoms with E-state index in [4.69, 9.17) is 4.74 Å². The number of aryl methyl sites for hydroxylation is 2. The summed E-state index contributed by atoms with van der Waals surface area (Å²) in [7, 11) is 1.55. The zero-order valence-corrected chi connectivity index (χ0v) is 8.03. The lowest BCUT2D eigenvalue weighted by molar-refractivity contribution is 0.423. The molecule has 0 spiro atoms. The van der Waals surface area contributed by atoms with Gasteiger partial charge in [-0.2, -0.15) is 0 Å². The first-order chi connectivity index (χ1) is 6.15. The minimum absolute atomic E-state index is 0.300. The molecule has 13 heavy (non-hydrogen) atoms. The third kappa shape index (κ3) is 2.21. The van der Waals surface area contributed by atoms with Crippen LogP contribution in [0.2, 0.25) is 0 Å². The van der Waals surface area contributed by atoms with Gasteiger partial charge in [0.15, 0.2) is 6.40 Å². The highest BCUT2D eigenvalue weighted by atomic mass is 16.5. The van der Waals surface area contributed by atoms with E-state index in [1.54, 1.807) is 13.2 Å². The Hall–Kier alpha value is -1.51. The highest BCUT2D eigenvalue weighted by Crippen LogP contribution is 2.26. The van der Waals surface area contributed by atoms with Crippen LogP contribution in [-0.4, -0.2) is 18.6 Å². The van der Waals surface area contributed by atoms with Crippen molar-refractivity contribution in [3.63, 3.8) is 0 Å². The molecular weight excluding hydrogens is 166 g/mol.